The van der Waals surface area contributed by atoms with Gasteiger partial charge in [-0.15, -0.1) is 0 Å². The number of carboxylic acids is 2. The topological polar surface area (TPSA) is 101 Å². The molecule has 2 aromatic rings. The van der Waals surface area contributed by atoms with Gasteiger partial charge in [-0.1, -0.05) is 17.7 Å². The summed E-state index contributed by atoms with van der Waals surface area (Å²) in [5.74, 6) is -3.78. The lowest BCUT2D eigenvalue weighted by atomic mass is 10.2. The summed E-state index contributed by atoms with van der Waals surface area (Å²) in [5, 5.41) is 18.0. The number of carboxylic acid groups (broad SMARTS) is 2. The summed E-state index contributed by atoms with van der Waals surface area (Å²) in [7, 11) is 0. The Hall–Kier alpha value is -2.34. The molecule has 0 aliphatic heterocycles. The van der Waals surface area contributed by atoms with Crippen LogP contribution in [0.1, 0.15) is 21.0 Å². The van der Waals surface area contributed by atoms with Gasteiger partial charge in [0.2, 0.25) is 17.3 Å². The number of hydrogen-bond donors (Lipinski definition) is 2. The molecule has 1 aromatic carbocycles. The highest BCUT2D eigenvalue weighted by Crippen LogP contribution is 2.24. The number of benzene rings is 1. The Balaban J connectivity index is 2.57. The lowest BCUT2D eigenvalue weighted by Crippen LogP contribution is -2.05. The third-order valence-electron chi connectivity index (χ3n) is 2.10. The zero-order valence-electron chi connectivity index (χ0n) is 8.75. The summed E-state index contributed by atoms with van der Waals surface area (Å²) in [6, 6.07) is 6.30. The molecule has 0 unspecified atom stereocenters. The lowest BCUT2D eigenvalue weighted by molar-refractivity contribution is 0.0624. The summed E-state index contributed by atoms with van der Waals surface area (Å²) in [6.07, 6.45) is 0. The number of nitrogens with zero attached hydrogens (tertiary/aromatic N) is 1. The fourth-order valence-corrected chi connectivity index (χ4v) is 1.55. The van der Waals surface area contributed by atoms with E-state index in [0.717, 1.165) is 0 Å². The average Bonchev–Trinajstić information content (AvgIpc) is 2.73. The van der Waals surface area contributed by atoms with Gasteiger partial charge in [0.25, 0.3) is 0 Å². The van der Waals surface area contributed by atoms with Crippen molar-refractivity contribution in [2.45, 2.75) is 0 Å². The lowest BCUT2D eigenvalue weighted by Gasteiger charge is -1.94. The standard InChI is InChI=1S/C11H6ClNO5/c12-6-3-1-2-5(4-6)9-13-7(10(14)15)8(18-9)11(16)17/h1-4H,(H,14,15)(H,16,17). The Bertz CT molecular complexity index is 603. The van der Waals surface area contributed by atoms with E-state index < -0.39 is 23.4 Å². The fourth-order valence-electron chi connectivity index (χ4n) is 1.36. The van der Waals surface area contributed by atoms with Crippen LogP contribution in [0, 0.1) is 0 Å². The van der Waals surface area contributed by atoms with Gasteiger partial charge in [0.1, 0.15) is 0 Å². The van der Waals surface area contributed by atoms with E-state index in [2.05, 4.69) is 4.98 Å². The van der Waals surface area contributed by atoms with Crippen molar-refractivity contribution < 1.29 is 24.2 Å². The van der Waals surface area contributed by atoms with E-state index in [1.165, 1.54) is 6.07 Å². The smallest absolute Gasteiger partial charge is 0.374 e. The van der Waals surface area contributed by atoms with Crippen molar-refractivity contribution in [1.82, 2.24) is 4.98 Å². The molecule has 0 spiro atoms. The zero-order valence-corrected chi connectivity index (χ0v) is 9.51. The number of aromatic nitrogens is 1. The first kappa shape index (κ1) is 12.1. The molecular formula is C11H6ClNO5. The molecule has 6 nitrogen and oxygen atoms in total. The minimum absolute atomic E-state index is 0.104. The maximum Gasteiger partial charge on any atom is 0.374 e. The molecule has 2 N–H and O–H groups in total. The van der Waals surface area contributed by atoms with Gasteiger partial charge < -0.3 is 14.6 Å². The molecule has 0 saturated heterocycles. The third kappa shape index (κ3) is 2.18. The third-order valence-corrected chi connectivity index (χ3v) is 2.33. The molecule has 1 heterocycles. The minimum Gasteiger partial charge on any atom is -0.476 e. The first-order valence-electron chi connectivity index (χ1n) is 4.72. The second-order valence-electron chi connectivity index (χ2n) is 3.32. The van der Waals surface area contributed by atoms with E-state index in [9.17, 15) is 9.59 Å². The summed E-state index contributed by atoms with van der Waals surface area (Å²) < 4.78 is 4.93. The van der Waals surface area contributed by atoms with E-state index in [-0.39, 0.29) is 5.89 Å². The normalized spacial score (nSPS) is 10.3. The van der Waals surface area contributed by atoms with Crippen LogP contribution in [0.3, 0.4) is 0 Å². The summed E-state index contributed by atoms with van der Waals surface area (Å²) in [5.41, 5.74) is -0.241. The Morgan fingerprint density at radius 2 is 1.94 bits per heavy atom. The summed E-state index contributed by atoms with van der Waals surface area (Å²) in [4.78, 5) is 25.3. The van der Waals surface area contributed by atoms with Crippen molar-refractivity contribution in [3.8, 4) is 11.5 Å². The molecule has 7 heteroatoms. The Morgan fingerprint density at radius 1 is 1.22 bits per heavy atom. The van der Waals surface area contributed by atoms with E-state index in [1.807, 2.05) is 0 Å². The maximum atomic E-state index is 10.8. The van der Waals surface area contributed by atoms with Crippen LogP contribution >= 0.6 is 11.6 Å². The van der Waals surface area contributed by atoms with Crippen molar-refractivity contribution >= 4 is 23.5 Å². The van der Waals surface area contributed by atoms with Crippen LogP contribution in [-0.4, -0.2) is 27.1 Å². The van der Waals surface area contributed by atoms with E-state index in [1.54, 1.807) is 18.2 Å². The first-order chi connectivity index (χ1) is 8.49. The van der Waals surface area contributed by atoms with Gasteiger partial charge in [-0.3, -0.25) is 0 Å². The van der Waals surface area contributed by atoms with Crippen LogP contribution in [0.4, 0.5) is 0 Å². The molecule has 0 saturated carbocycles. The molecule has 0 aliphatic rings. The quantitative estimate of drug-likeness (QED) is 0.885. The first-order valence-corrected chi connectivity index (χ1v) is 5.10. The van der Waals surface area contributed by atoms with E-state index >= 15 is 0 Å². The molecule has 0 fully saturated rings. The number of aromatic carboxylic acids is 2. The number of rotatable bonds is 3. The van der Waals surface area contributed by atoms with E-state index in [0.29, 0.717) is 10.6 Å². The average molecular weight is 268 g/mol. The molecule has 92 valence electrons. The SMILES string of the molecule is O=C(O)c1nc(-c2cccc(Cl)c2)oc1C(=O)O. The van der Waals surface area contributed by atoms with Gasteiger partial charge >= 0.3 is 11.9 Å². The van der Waals surface area contributed by atoms with Crippen LogP contribution < -0.4 is 0 Å². The molecule has 0 bridgehead atoms. The number of halogens is 1. The van der Waals surface area contributed by atoms with Crippen LogP contribution in [0.5, 0.6) is 0 Å². The van der Waals surface area contributed by atoms with Gasteiger partial charge in [0.05, 0.1) is 0 Å². The van der Waals surface area contributed by atoms with Gasteiger partial charge in [0, 0.05) is 10.6 Å². The van der Waals surface area contributed by atoms with Gasteiger partial charge in [-0.2, -0.15) is 0 Å². The number of carbonyl (C=O) groups is 2. The van der Waals surface area contributed by atoms with Crippen molar-refractivity contribution in [1.29, 1.82) is 0 Å². The van der Waals surface area contributed by atoms with Crippen LogP contribution in [0.2, 0.25) is 5.02 Å². The zero-order chi connectivity index (χ0) is 13.3. The molecule has 0 aliphatic carbocycles. The van der Waals surface area contributed by atoms with Crippen LogP contribution in [0.25, 0.3) is 11.5 Å². The summed E-state index contributed by atoms with van der Waals surface area (Å²) in [6.45, 7) is 0. The number of hydrogen-bond acceptors (Lipinski definition) is 4. The van der Waals surface area contributed by atoms with Crippen LogP contribution in [0.15, 0.2) is 28.7 Å². The molecule has 2 rings (SSSR count). The highest BCUT2D eigenvalue weighted by atomic mass is 35.5. The largest absolute Gasteiger partial charge is 0.476 e. The fraction of sp³-hybridized carbons (Fsp3) is 0. The molecule has 18 heavy (non-hydrogen) atoms. The molecule has 0 atom stereocenters. The van der Waals surface area contributed by atoms with E-state index in [4.69, 9.17) is 26.2 Å². The molecular weight excluding hydrogens is 262 g/mol. The Morgan fingerprint density at radius 3 is 2.44 bits per heavy atom. The van der Waals surface area contributed by atoms with Crippen molar-refractivity contribution in [2.75, 3.05) is 0 Å². The van der Waals surface area contributed by atoms with Crippen LogP contribution in [-0.2, 0) is 0 Å². The Kier molecular flexibility index (Phi) is 3.03. The predicted molar refractivity (Wildman–Crippen MR) is 60.9 cm³/mol. The second-order valence-corrected chi connectivity index (χ2v) is 3.75. The predicted octanol–water partition coefficient (Wildman–Crippen LogP) is 2.39. The van der Waals surface area contributed by atoms with Crippen molar-refractivity contribution in [3.63, 3.8) is 0 Å². The van der Waals surface area contributed by atoms with Gasteiger partial charge in [-0.25, -0.2) is 14.6 Å². The van der Waals surface area contributed by atoms with Gasteiger partial charge in [-0.05, 0) is 18.2 Å². The van der Waals surface area contributed by atoms with Gasteiger partial charge in [0.15, 0.2) is 0 Å². The highest BCUT2D eigenvalue weighted by molar-refractivity contribution is 6.30. The van der Waals surface area contributed by atoms with Crippen molar-refractivity contribution in [3.05, 3.63) is 40.7 Å². The second kappa shape index (κ2) is 4.50. The molecule has 0 radical (unpaired) electrons. The highest BCUT2D eigenvalue weighted by Gasteiger charge is 2.25. The number of oxazole rings is 1. The molecule has 0 amide bonds. The minimum atomic E-state index is -1.49. The monoisotopic (exact) mass is 267 g/mol. The summed E-state index contributed by atoms with van der Waals surface area (Å²) >= 11 is 5.76. The molecule has 1 aromatic heterocycles. The van der Waals surface area contributed by atoms with Crippen molar-refractivity contribution in [2.24, 2.45) is 0 Å². The Labute approximate surface area is 105 Å². The maximum absolute atomic E-state index is 10.8.